The number of fused-ring (bicyclic) bond motifs is 1. The number of nitrogens with one attached hydrogen (secondary N) is 2. The Balaban J connectivity index is 0.000000398. The van der Waals surface area contributed by atoms with E-state index in [0.29, 0.717) is 41.9 Å². The molecule has 8 aromatic rings. The van der Waals surface area contributed by atoms with Crippen molar-refractivity contribution < 1.29 is 4.42 Å². The highest BCUT2D eigenvalue weighted by molar-refractivity contribution is 5.17. The fourth-order valence-electron chi connectivity index (χ4n) is 5.46. The fraction of sp³-hybridized carbons (Fsp3) is 0.547. The minimum absolute atomic E-state index is 0.456. The van der Waals surface area contributed by atoms with Crippen LogP contribution in [0.1, 0.15) is 201 Å². The molecule has 8 aromatic heterocycles. The first-order valence-electron chi connectivity index (χ1n) is 24.8. The molecule has 0 spiro atoms. The normalized spacial score (nSPS) is 11.2. The van der Waals surface area contributed by atoms with Crippen molar-refractivity contribution in [2.24, 2.45) is 5.92 Å². The summed E-state index contributed by atoms with van der Waals surface area (Å²) in [6.45, 7) is 36.2. The number of rotatable bonds is 7. The lowest BCUT2D eigenvalue weighted by Gasteiger charge is -2.16. The van der Waals surface area contributed by atoms with Gasteiger partial charge < -0.3 is 18.1 Å². The van der Waals surface area contributed by atoms with Crippen LogP contribution in [0.3, 0.4) is 0 Å². The summed E-state index contributed by atoms with van der Waals surface area (Å²) in [5.74, 6) is 3.31. The predicted octanol–water partition coefficient (Wildman–Crippen LogP) is 13.1. The average molecular weight is 965 g/mol. The molecule has 9 rings (SSSR count). The first-order chi connectivity index (χ1) is 33.3. The van der Waals surface area contributed by atoms with Gasteiger partial charge in [-0.15, -0.1) is 10.2 Å². The van der Waals surface area contributed by atoms with E-state index >= 15 is 0 Å². The number of aromatic amines is 2. The molecule has 1 aliphatic carbocycles. The van der Waals surface area contributed by atoms with Crippen LogP contribution in [-0.2, 0) is 12.8 Å². The Morgan fingerprint density at radius 1 is 0.557 bits per heavy atom. The zero-order chi connectivity index (χ0) is 52.3. The van der Waals surface area contributed by atoms with Gasteiger partial charge in [-0.3, -0.25) is 14.8 Å². The summed E-state index contributed by atoms with van der Waals surface area (Å²) in [5.41, 5.74) is 5.11. The minimum Gasteiger partial charge on any atom is -0.448 e. The maximum atomic E-state index is 4.98. The second-order valence-electron chi connectivity index (χ2n) is 19.1. The van der Waals surface area contributed by atoms with Crippen molar-refractivity contribution in [2.75, 3.05) is 0 Å². The predicted molar refractivity (Wildman–Crippen MR) is 283 cm³/mol. The molecule has 0 aliphatic heterocycles. The zero-order valence-electron chi connectivity index (χ0n) is 45.6. The molecule has 0 radical (unpaired) electrons. The first-order valence-corrected chi connectivity index (χ1v) is 24.8. The Morgan fingerprint density at radius 2 is 1.21 bits per heavy atom. The van der Waals surface area contributed by atoms with Crippen molar-refractivity contribution in [1.82, 2.24) is 79.2 Å². The lowest BCUT2D eigenvalue weighted by atomic mass is 10.0. The summed E-state index contributed by atoms with van der Waals surface area (Å²) < 4.78 is 13.2. The number of aryl methyl sites for hydroxylation is 1. The second-order valence-corrected chi connectivity index (χ2v) is 19.1. The number of aromatic nitrogens is 16. The number of nitrogens with zero attached hydrogens (tertiary/aromatic N) is 14. The van der Waals surface area contributed by atoms with Crippen molar-refractivity contribution in [2.45, 2.75) is 185 Å². The minimum atomic E-state index is 0.456. The van der Waals surface area contributed by atoms with Crippen LogP contribution in [-0.4, -0.2) is 79.2 Å². The lowest BCUT2D eigenvalue weighted by molar-refractivity contribution is 0.482. The van der Waals surface area contributed by atoms with Crippen molar-refractivity contribution in [3.8, 4) is 0 Å². The van der Waals surface area contributed by atoms with E-state index in [-0.39, 0.29) is 0 Å². The highest BCUT2D eigenvalue weighted by atomic mass is 16.3. The molecule has 0 bridgehead atoms. The molecule has 1 aliphatic rings. The topological polar surface area (TPSA) is 193 Å². The summed E-state index contributed by atoms with van der Waals surface area (Å²) in [5, 5.41) is 28.0. The molecule has 17 heteroatoms. The summed E-state index contributed by atoms with van der Waals surface area (Å²) in [6, 6.07) is 9.72. The van der Waals surface area contributed by atoms with Gasteiger partial charge in [-0.1, -0.05) is 68.4 Å². The maximum Gasteiger partial charge on any atom is 0.180 e. The Morgan fingerprint density at radius 3 is 1.53 bits per heavy atom. The monoisotopic (exact) mass is 965 g/mol. The van der Waals surface area contributed by atoms with Gasteiger partial charge in [0, 0.05) is 79.2 Å². The third-order valence-corrected chi connectivity index (χ3v) is 9.62. The van der Waals surface area contributed by atoms with Crippen molar-refractivity contribution in [3.05, 3.63) is 146 Å². The summed E-state index contributed by atoms with van der Waals surface area (Å²) in [6.07, 6.45) is 32.0. The van der Waals surface area contributed by atoms with E-state index in [2.05, 4.69) is 188 Å². The smallest absolute Gasteiger partial charge is 0.180 e. The molecular weight excluding hydrogens is 877 g/mol. The van der Waals surface area contributed by atoms with Gasteiger partial charge >= 0.3 is 0 Å². The SMILES string of the molecule is CC(C)C.CC(C)c1cn[nH]c1.CC(C)c1cn[nH]n1.CC(C)c1cnco1.CC(C)n1cccn1.CC(C)n1ccnc1.CC(C)n1cnc2c1CCCC2.CC(C)n1cnnc1.c1ccncc1. The maximum absolute atomic E-state index is 4.98. The molecule has 0 fully saturated rings. The summed E-state index contributed by atoms with van der Waals surface area (Å²) in [4.78, 5) is 15.9. The van der Waals surface area contributed by atoms with E-state index in [0.717, 1.165) is 17.4 Å². The van der Waals surface area contributed by atoms with Gasteiger partial charge in [-0.25, -0.2) is 15.0 Å². The molecule has 0 amide bonds. The number of pyridine rings is 1. The van der Waals surface area contributed by atoms with Crippen LogP contribution < -0.4 is 0 Å². The Kier molecular flexibility index (Phi) is 32.0. The van der Waals surface area contributed by atoms with Crippen LogP contribution in [0.5, 0.6) is 0 Å². The molecule has 0 saturated heterocycles. The number of oxazole rings is 1. The number of imidazole rings is 2. The Bertz CT molecular complexity index is 1910. The van der Waals surface area contributed by atoms with Crippen molar-refractivity contribution >= 4 is 0 Å². The van der Waals surface area contributed by atoms with Crippen molar-refractivity contribution in [3.63, 3.8) is 0 Å². The number of hydrogen-bond acceptors (Lipinski definition) is 11. The van der Waals surface area contributed by atoms with Crippen molar-refractivity contribution in [1.29, 1.82) is 0 Å². The quantitative estimate of drug-likeness (QED) is 0.154. The average Bonchev–Trinajstić information content (AvgIpc) is 4.19. The highest BCUT2D eigenvalue weighted by Crippen LogP contribution is 2.22. The third kappa shape index (κ3) is 28.1. The lowest BCUT2D eigenvalue weighted by Crippen LogP contribution is -2.09. The fourth-order valence-corrected chi connectivity index (χ4v) is 5.46. The summed E-state index contributed by atoms with van der Waals surface area (Å²) >= 11 is 0. The van der Waals surface area contributed by atoms with Gasteiger partial charge in [0.1, 0.15) is 18.4 Å². The zero-order valence-corrected chi connectivity index (χ0v) is 45.6. The molecule has 70 heavy (non-hydrogen) atoms. The van der Waals surface area contributed by atoms with Crippen LogP contribution in [0, 0.1) is 5.92 Å². The molecule has 17 nitrogen and oxygen atoms in total. The van der Waals surface area contributed by atoms with Gasteiger partial charge in [0.15, 0.2) is 6.39 Å². The highest BCUT2D eigenvalue weighted by Gasteiger charge is 2.16. The molecule has 0 atom stereocenters. The van der Waals surface area contributed by atoms with Gasteiger partial charge in [-0.05, 0) is 123 Å². The number of hydrogen-bond donors (Lipinski definition) is 2. The molecule has 386 valence electrons. The van der Waals surface area contributed by atoms with Crippen LogP contribution in [0.4, 0.5) is 0 Å². The van der Waals surface area contributed by atoms with Crippen LogP contribution in [0.15, 0.2) is 122 Å². The molecular formula is C53H88N16O. The van der Waals surface area contributed by atoms with E-state index < -0.39 is 0 Å². The first kappa shape index (κ1) is 61.5. The molecule has 8 heterocycles. The number of H-pyrrole nitrogens is 2. The van der Waals surface area contributed by atoms with E-state index in [1.807, 2.05) is 71.0 Å². The van der Waals surface area contributed by atoms with Crippen LogP contribution in [0.2, 0.25) is 0 Å². The standard InChI is InChI=1S/C10H16N2.3C6H10N2.C6H9NO.2C5H9N3.C5H5N.C4H10/c1-8(2)12-7-11-9-5-3-4-6-10(9)12;1-5(2)6-3-7-8-4-6;1-6(2)8-4-3-7-5-8;1-6(2)8-5-3-4-7-8;1-5(2)6-3-7-4-8-6;1-5(2)8-3-6-7-4-8;1-4(2)5-3-6-8-7-5;1-2-4-6-5-3-1;1-4(2)3/h7-8H,3-6H2,1-2H3;3-5H,1-2H3,(H,7,8);2*3-6H,1-2H3;2*3-5H,1-2H3;3-4H,1-2H3,(H,6,7,8);1-5H;4H,1-3H3. The van der Waals surface area contributed by atoms with Gasteiger partial charge in [-0.2, -0.15) is 25.6 Å². The summed E-state index contributed by atoms with van der Waals surface area (Å²) in [7, 11) is 0. The second kappa shape index (κ2) is 36.5. The van der Waals surface area contributed by atoms with E-state index in [9.17, 15) is 0 Å². The van der Waals surface area contributed by atoms with Crippen LogP contribution >= 0.6 is 0 Å². The van der Waals surface area contributed by atoms with Gasteiger partial charge in [0.05, 0.1) is 42.6 Å². The van der Waals surface area contributed by atoms with E-state index in [1.54, 1.807) is 49.8 Å². The molecule has 0 aromatic carbocycles. The largest absolute Gasteiger partial charge is 0.448 e. The molecule has 2 N–H and O–H groups in total. The van der Waals surface area contributed by atoms with E-state index in [1.165, 1.54) is 49.0 Å². The van der Waals surface area contributed by atoms with Gasteiger partial charge in [0.2, 0.25) is 0 Å². The Hall–Kier alpha value is -6.52. The third-order valence-electron chi connectivity index (χ3n) is 9.62. The van der Waals surface area contributed by atoms with Crippen LogP contribution in [0.25, 0.3) is 0 Å². The van der Waals surface area contributed by atoms with Gasteiger partial charge in [0.25, 0.3) is 0 Å². The Labute approximate surface area is 419 Å². The molecule has 0 unspecified atom stereocenters. The molecule has 0 saturated carbocycles. The van der Waals surface area contributed by atoms with E-state index in [4.69, 9.17) is 4.42 Å².